The van der Waals surface area contributed by atoms with E-state index in [9.17, 15) is 0 Å². The van der Waals surface area contributed by atoms with E-state index < -0.39 is 0 Å². The van der Waals surface area contributed by atoms with Crippen LogP contribution in [0.4, 0.5) is 9.41 Å². The van der Waals surface area contributed by atoms with Crippen LogP contribution in [0.25, 0.3) is 0 Å². The summed E-state index contributed by atoms with van der Waals surface area (Å²) in [5.74, 6) is 1.95. The summed E-state index contributed by atoms with van der Waals surface area (Å²) in [4.78, 5) is 0. The van der Waals surface area contributed by atoms with Crippen LogP contribution in [-0.2, 0) is 25.8 Å². The molecule has 4 rings (SSSR count). The zero-order chi connectivity index (χ0) is 16.5. The fraction of sp³-hybridized carbons (Fsp3) is 0.667. The van der Waals surface area contributed by atoms with Crippen molar-refractivity contribution in [3.05, 3.63) is 47.6 Å². The molecule has 0 bridgehead atoms. The molecule has 0 aromatic rings. The fourth-order valence-corrected chi connectivity index (χ4v) is 4.59. The number of hydrogen-bond acceptors (Lipinski definition) is 0. The third-order valence-electron chi connectivity index (χ3n) is 6.00. The summed E-state index contributed by atoms with van der Waals surface area (Å²) in [5.41, 5.74) is 2.95. The van der Waals surface area contributed by atoms with E-state index in [2.05, 4.69) is 36.5 Å². The summed E-state index contributed by atoms with van der Waals surface area (Å²) in [6.45, 7) is 0. The Balaban J connectivity index is 0.000000451. The van der Waals surface area contributed by atoms with Gasteiger partial charge in [-0.3, -0.25) is 21.6 Å². The van der Waals surface area contributed by atoms with Crippen LogP contribution < -0.4 is 0 Å². The van der Waals surface area contributed by atoms with E-state index in [0.717, 1.165) is 24.7 Å². The Hall–Kier alpha value is -0.310. The number of allylic oxidation sites excluding steroid dienone is 8. The molecule has 4 aliphatic carbocycles. The Morgan fingerprint density at radius 2 is 1.00 bits per heavy atom. The molecule has 27 heavy (non-hydrogen) atoms. The van der Waals surface area contributed by atoms with Crippen molar-refractivity contribution in [2.45, 2.75) is 89.9 Å². The second-order valence-electron chi connectivity index (χ2n) is 8.03. The molecule has 0 aliphatic heterocycles. The number of rotatable bonds is 4. The van der Waals surface area contributed by atoms with Gasteiger partial charge in [-0.15, -0.1) is 12.8 Å². The molecule has 0 heterocycles. The van der Waals surface area contributed by atoms with E-state index in [-0.39, 0.29) is 35.3 Å². The van der Waals surface area contributed by atoms with E-state index in [1.165, 1.54) is 88.2 Å². The number of halogens is 2. The minimum absolute atomic E-state index is 0. The van der Waals surface area contributed by atoms with Gasteiger partial charge in [0.05, 0.1) is 0 Å². The second kappa shape index (κ2) is 15.6. The molecule has 2 saturated carbocycles. The van der Waals surface area contributed by atoms with Gasteiger partial charge in [0.2, 0.25) is 0 Å². The quantitative estimate of drug-likeness (QED) is 0.254. The van der Waals surface area contributed by atoms with Crippen molar-refractivity contribution in [1.29, 1.82) is 0 Å². The number of hydrogen-bond donors (Lipinski definition) is 0. The molecule has 0 nitrogen and oxygen atoms in total. The monoisotopic (exact) mass is 542 g/mol. The van der Waals surface area contributed by atoms with E-state index in [1.54, 1.807) is 0 Å². The van der Waals surface area contributed by atoms with Crippen molar-refractivity contribution in [1.82, 2.24) is 0 Å². The summed E-state index contributed by atoms with van der Waals surface area (Å²) in [5, 5.41) is 0. The van der Waals surface area contributed by atoms with Crippen LogP contribution in [0.2, 0.25) is 0 Å². The SMILES string of the molecule is F.F.[C-]1=C(CC2CCCCC2)C=CC1.[C-]1=C(CC2CCCCC2)C=CC1.[Hf]. The molecule has 0 aromatic heterocycles. The van der Waals surface area contributed by atoms with Gasteiger partial charge in [0.25, 0.3) is 0 Å². The molecule has 0 unspecified atom stereocenters. The van der Waals surface area contributed by atoms with E-state index in [0.29, 0.717) is 0 Å². The van der Waals surface area contributed by atoms with Crippen LogP contribution in [0.15, 0.2) is 35.5 Å². The first kappa shape index (κ1) is 26.7. The maximum absolute atomic E-state index is 3.41. The Morgan fingerprint density at radius 3 is 1.30 bits per heavy atom. The third kappa shape index (κ3) is 10.1. The third-order valence-corrected chi connectivity index (χ3v) is 6.00. The van der Waals surface area contributed by atoms with Crippen molar-refractivity contribution in [2.24, 2.45) is 11.8 Å². The van der Waals surface area contributed by atoms with Crippen molar-refractivity contribution in [3.63, 3.8) is 0 Å². The van der Waals surface area contributed by atoms with Gasteiger partial charge in [-0.2, -0.15) is 12.2 Å². The van der Waals surface area contributed by atoms with Gasteiger partial charge in [-0.25, -0.2) is 23.3 Å². The Bertz CT molecular complexity index is 447. The smallest absolute Gasteiger partial charge is 0 e. The fourth-order valence-electron chi connectivity index (χ4n) is 4.59. The van der Waals surface area contributed by atoms with Gasteiger partial charge in [0.15, 0.2) is 0 Å². The predicted molar refractivity (Wildman–Crippen MR) is 108 cm³/mol. The zero-order valence-corrected chi connectivity index (χ0v) is 20.3. The minimum Gasteiger partial charge on any atom is -0.269 e. The minimum atomic E-state index is 0. The van der Waals surface area contributed by atoms with Gasteiger partial charge in [-0.1, -0.05) is 77.0 Å². The average Bonchev–Trinajstić information content (AvgIpc) is 3.32. The summed E-state index contributed by atoms with van der Waals surface area (Å²) in [6.07, 6.45) is 35.1. The molecular formula is C24H36F2Hf-2. The standard InChI is InChI=1S/2C12H17.2FH.Hf/c2*1-2-6-11(7-3-1)10-12-8-4-5-9-12;;;/h2*4,8,11H,1-3,5-7,10H2;2*1H;/q2*-1;;;. The van der Waals surface area contributed by atoms with Crippen LogP contribution in [0.3, 0.4) is 0 Å². The van der Waals surface area contributed by atoms with E-state index in [4.69, 9.17) is 0 Å². The Labute approximate surface area is 184 Å². The van der Waals surface area contributed by atoms with Gasteiger partial charge in [0.1, 0.15) is 0 Å². The molecule has 0 N–H and O–H groups in total. The van der Waals surface area contributed by atoms with Gasteiger partial charge in [-0.05, 0) is 11.8 Å². The van der Waals surface area contributed by atoms with Gasteiger partial charge < -0.3 is 0 Å². The largest absolute Gasteiger partial charge is 0.269 e. The average molecular weight is 541 g/mol. The molecule has 0 amide bonds. The van der Waals surface area contributed by atoms with Gasteiger partial charge >= 0.3 is 0 Å². The van der Waals surface area contributed by atoms with Crippen molar-refractivity contribution < 1.29 is 35.3 Å². The molecule has 152 valence electrons. The first-order valence-electron chi connectivity index (χ1n) is 10.4. The Kier molecular flexibility index (Phi) is 15.4. The maximum Gasteiger partial charge on any atom is 0 e. The molecular weight excluding hydrogens is 505 g/mol. The summed E-state index contributed by atoms with van der Waals surface area (Å²) in [7, 11) is 0. The van der Waals surface area contributed by atoms with E-state index in [1.807, 2.05) is 0 Å². The summed E-state index contributed by atoms with van der Waals surface area (Å²) < 4.78 is 0. The zero-order valence-electron chi connectivity index (χ0n) is 16.7. The normalized spacial score (nSPS) is 21.8. The van der Waals surface area contributed by atoms with Crippen LogP contribution >= 0.6 is 0 Å². The summed E-state index contributed by atoms with van der Waals surface area (Å²) in [6, 6.07) is 0. The van der Waals surface area contributed by atoms with Gasteiger partial charge in [0, 0.05) is 25.8 Å². The molecule has 0 spiro atoms. The first-order chi connectivity index (χ1) is 11.9. The molecule has 0 aromatic carbocycles. The topological polar surface area (TPSA) is 0 Å². The molecule has 3 heteroatoms. The van der Waals surface area contributed by atoms with Crippen LogP contribution in [0, 0.1) is 24.0 Å². The Morgan fingerprint density at radius 1 is 0.630 bits per heavy atom. The molecule has 0 radical (unpaired) electrons. The van der Waals surface area contributed by atoms with Crippen LogP contribution in [0.5, 0.6) is 0 Å². The molecule has 0 saturated heterocycles. The molecule has 0 atom stereocenters. The van der Waals surface area contributed by atoms with E-state index >= 15 is 0 Å². The van der Waals surface area contributed by atoms with Crippen molar-refractivity contribution >= 4 is 0 Å². The molecule has 4 aliphatic rings. The molecule has 2 fully saturated rings. The van der Waals surface area contributed by atoms with Crippen LogP contribution in [0.1, 0.15) is 89.9 Å². The predicted octanol–water partition coefficient (Wildman–Crippen LogP) is 7.60. The van der Waals surface area contributed by atoms with Crippen molar-refractivity contribution in [2.75, 3.05) is 0 Å². The maximum atomic E-state index is 3.41. The second-order valence-corrected chi connectivity index (χ2v) is 8.03. The van der Waals surface area contributed by atoms with Crippen molar-refractivity contribution in [3.8, 4) is 0 Å². The first-order valence-corrected chi connectivity index (χ1v) is 10.4. The van der Waals surface area contributed by atoms with Crippen LogP contribution in [-0.4, -0.2) is 0 Å². The summed E-state index contributed by atoms with van der Waals surface area (Å²) >= 11 is 0.